The summed E-state index contributed by atoms with van der Waals surface area (Å²) in [7, 11) is 5.37. The predicted octanol–water partition coefficient (Wildman–Crippen LogP) is 5.17. The number of rotatable bonds is 7. The van der Waals surface area contributed by atoms with E-state index in [0.29, 0.717) is 45.6 Å². The van der Waals surface area contributed by atoms with Gasteiger partial charge >= 0.3 is 0 Å². The number of imidazole rings is 1. The highest BCUT2D eigenvalue weighted by Gasteiger charge is 2.26. The van der Waals surface area contributed by atoms with Crippen molar-refractivity contribution in [3.05, 3.63) is 87.7 Å². The van der Waals surface area contributed by atoms with Crippen molar-refractivity contribution in [1.82, 2.24) is 19.4 Å². The molecular weight excluding hydrogens is 568 g/mol. The van der Waals surface area contributed by atoms with Crippen molar-refractivity contribution in [3.8, 4) is 16.9 Å². The maximum Gasteiger partial charge on any atom is 0.291 e. The maximum absolute atomic E-state index is 13.3. The number of nitrogens with zero attached hydrogens (tertiary/aromatic N) is 4. The Bertz CT molecular complexity index is 1730. The molecule has 0 saturated heterocycles. The third-order valence-corrected chi connectivity index (χ3v) is 8.15. The number of amides is 2. The maximum atomic E-state index is 13.3. The van der Waals surface area contributed by atoms with E-state index in [2.05, 4.69) is 25.5 Å². The molecule has 2 amide bonds. The van der Waals surface area contributed by atoms with Gasteiger partial charge in [-0.1, -0.05) is 35.9 Å². The number of likely N-dealkylation sites (N-methyl/N-ethyl adjacent to an activating group) is 1. The van der Waals surface area contributed by atoms with Gasteiger partial charge in [0.2, 0.25) is 0 Å². The summed E-state index contributed by atoms with van der Waals surface area (Å²) in [5, 5.41) is 16.6. The first-order valence-electron chi connectivity index (χ1n) is 13.9. The number of aliphatic hydroxyl groups is 1. The zero-order valence-corrected chi connectivity index (χ0v) is 25.8. The van der Waals surface area contributed by atoms with Gasteiger partial charge in [0.1, 0.15) is 11.4 Å². The monoisotopic (exact) mass is 602 g/mol. The van der Waals surface area contributed by atoms with Crippen LogP contribution in [0.2, 0.25) is 5.02 Å². The molecule has 0 unspecified atom stereocenters. The van der Waals surface area contributed by atoms with Crippen molar-refractivity contribution >= 4 is 34.8 Å². The number of benzene rings is 2. The molecule has 224 valence electrons. The van der Waals surface area contributed by atoms with E-state index < -0.39 is 11.5 Å². The van der Waals surface area contributed by atoms with Crippen LogP contribution in [0, 0.1) is 6.92 Å². The van der Waals surface area contributed by atoms with Crippen LogP contribution >= 0.6 is 11.6 Å². The first-order chi connectivity index (χ1) is 20.4. The molecular formula is C32H35ClN6O4. The summed E-state index contributed by atoms with van der Waals surface area (Å²) in [6.45, 7) is 6.74. The molecule has 0 fully saturated rings. The van der Waals surface area contributed by atoms with Gasteiger partial charge in [-0.05, 0) is 51.1 Å². The van der Waals surface area contributed by atoms with Gasteiger partial charge in [-0.15, -0.1) is 0 Å². The highest BCUT2D eigenvalue weighted by molar-refractivity contribution is 6.36. The van der Waals surface area contributed by atoms with Gasteiger partial charge in [0.25, 0.3) is 11.8 Å². The topological polar surface area (TPSA) is 122 Å². The highest BCUT2D eigenvalue weighted by atomic mass is 35.5. The van der Waals surface area contributed by atoms with E-state index in [4.69, 9.17) is 16.3 Å². The van der Waals surface area contributed by atoms with Crippen molar-refractivity contribution in [2.75, 3.05) is 31.3 Å². The van der Waals surface area contributed by atoms with E-state index in [1.54, 1.807) is 26.0 Å². The standard InChI is InChI=1S/C32H35ClN6O4/c1-18-19(9-7-11-22(18)36-30(40)24-15-27(43-6)21(16-34-24)32(2,3)42)20-10-8-12-23(28(20)33)37-31(41)29-35-25-17-38(4)14-13-26(25)39(29)5/h7-12,15-16,42H,13-14,17H2,1-6H3,(H,36,40)(H,37,41). The van der Waals surface area contributed by atoms with Crippen LogP contribution in [-0.2, 0) is 25.6 Å². The minimum absolute atomic E-state index is 0.139. The lowest BCUT2D eigenvalue weighted by atomic mass is 9.98. The smallest absolute Gasteiger partial charge is 0.291 e. The first-order valence-corrected chi connectivity index (χ1v) is 14.3. The average molecular weight is 603 g/mol. The number of halogens is 1. The molecule has 0 saturated carbocycles. The zero-order chi connectivity index (χ0) is 31.1. The Hall–Kier alpha value is -4.25. The summed E-state index contributed by atoms with van der Waals surface area (Å²) in [5.74, 6) is -0.0721. The van der Waals surface area contributed by atoms with Crippen molar-refractivity contribution in [3.63, 3.8) is 0 Å². The molecule has 10 nitrogen and oxygen atoms in total. The Labute approximate surface area is 255 Å². The Balaban J connectivity index is 1.39. The molecule has 3 heterocycles. The van der Waals surface area contributed by atoms with Gasteiger partial charge in [-0.2, -0.15) is 0 Å². The molecule has 43 heavy (non-hydrogen) atoms. The van der Waals surface area contributed by atoms with E-state index >= 15 is 0 Å². The predicted molar refractivity (Wildman–Crippen MR) is 167 cm³/mol. The van der Waals surface area contributed by atoms with Crippen LogP contribution in [0.5, 0.6) is 5.75 Å². The second-order valence-corrected chi connectivity index (χ2v) is 11.6. The lowest BCUT2D eigenvalue weighted by Gasteiger charge is -2.21. The molecule has 5 rings (SSSR count). The molecule has 0 spiro atoms. The Kier molecular flexibility index (Phi) is 8.29. The van der Waals surface area contributed by atoms with E-state index in [0.717, 1.165) is 35.5 Å². The van der Waals surface area contributed by atoms with E-state index in [1.165, 1.54) is 19.4 Å². The summed E-state index contributed by atoms with van der Waals surface area (Å²) >= 11 is 6.87. The average Bonchev–Trinajstić information content (AvgIpc) is 3.29. The van der Waals surface area contributed by atoms with Gasteiger partial charge in [-0.3, -0.25) is 14.6 Å². The summed E-state index contributed by atoms with van der Waals surface area (Å²) in [6, 6.07) is 12.4. The number of pyridine rings is 1. The van der Waals surface area contributed by atoms with Crippen LogP contribution in [0.25, 0.3) is 11.1 Å². The minimum atomic E-state index is -1.18. The van der Waals surface area contributed by atoms with Crippen LogP contribution in [0.3, 0.4) is 0 Å². The van der Waals surface area contributed by atoms with Crippen molar-refractivity contribution in [1.29, 1.82) is 0 Å². The molecule has 11 heteroatoms. The number of fused-ring (bicyclic) bond motifs is 1. The quantitative estimate of drug-likeness (QED) is 0.267. The van der Waals surface area contributed by atoms with Crippen molar-refractivity contribution in [2.24, 2.45) is 7.05 Å². The number of anilines is 2. The number of ether oxygens (including phenoxy) is 1. The van der Waals surface area contributed by atoms with E-state index in [9.17, 15) is 14.7 Å². The van der Waals surface area contributed by atoms with E-state index in [1.807, 2.05) is 49.9 Å². The number of aromatic nitrogens is 3. The molecule has 1 aliphatic heterocycles. The largest absolute Gasteiger partial charge is 0.496 e. The molecule has 1 aliphatic rings. The molecule has 0 radical (unpaired) electrons. The van der Waals surface area contributed by atoms with Gasteiger partial charge in [0.15, 0.2) is 5.82 Å². The minimum Gasteiger partial charge on any atom is -0.496 e. The van der Waals surface area contributed by atoms with Crippen LogP contribution in [0.4, 0.5) is 11.4 Å². The number of methoxy groups -OCH3 is 1. The van der Waals surface area contributed by atoms with E-state index in [-0.39, 0.29) is 11.6 Å². The Morgan fingerprint density at radius 3 is 2.42 bits per heavy atom. The Morgan fingerprint density at radius 1 is 1.05 bits per heavy atom. The fraction of sp³-hybridized carbons (Fsp3) is 0.312. The van der Waals surface area contributed by atoms with Gasteiger partial charge in [0.05, 0.1) is 29.1 Å². The number of hydrogen-bond acceptors (Lipinski definition) is 7. The summed E-state index contributed by atoms with van der Waals surface area (Å²) < 4.78 is 7.25. The normalized spacial score (nSPS) is 13.4. The number of hydrogen-bond donors (Lipinski definition) is 3. The summed E-state index contributed by atoms with van der Waals surface area (Å²) in [4.78, 5) is 37.5. The molecule has 2 aromatic carbocycles. The lowest BCUT2D eigenvalue weighted by Crippen LogP contribution is -2.27. The molecule has 0 atom stereocenters. The lowest BCUT2D eigenvalue weighted by molar-refractivity contribution is 0.0750. The van der Waals surface area contributed by atoms with Crippen molar-refractivity contribution in [2.45, 2.75) is 39.3 Å². The molecule has 4 aromatic rings. The van der Waals surface area contributed by atoms with Crippen LogP contribution < -0.4 is 15.4 Å². The molecule has 0 aliphatic carbocycles. The van der Waals surface area contributed by atoms with Crippen LogP contribution in [-0.4, -0.2) is 57.1 Å². The summed E-state index contributed by atoms with van der Waals surface area (Å²) in [5.41, 5.74) is 4.71. The fourth-order valence-corrected chi connectivity index (χ4v) is 5.59. The first kappa shape index (κ1) is 30.2. The molecule has 3 N–H and O–H groups in total. The number of carbonyl (C=O) groups excluding carboxylic acids is 2. The fourth-order valence-electron chi connectivity index (χ4n) is 5.32. The van der Waals surface area contributed by atoms with Crippen LogP contribution in [0.15, 0.2) is 48.7 Å². The Morgan fingerprint density at radius 2 is 1.72 bits per heavy atom. The molecule has 2 aromatic heterocycles. The number of nitrogens with one attached hydrogen (secondary N) is 2. The summed E-state index contributed by atoms with van der Waals surface area (Å²) in [6.07, 6.45) is 2.27. The molecule has 0 bridgehead atoms. The third-order valence-electron chi connectivity index (χ3n) is 7.75. The van der Waals surface area contributed by atoms with Gasteiger partial charge in [-0.25, -0.2) is 4.98 Å². The SMILES string of the molecule is COc1cc(C(=O)Nc2cccc(-c3cccc(NC(=O)c4nc5c(n4C)CCN(C)C5)c3Cl)c2C)ncc1C(C)(C)O. The van der Waals surface area contributed by atoms with Gasteiger partial charge < -0.3 is 29.9 Å². The second kappa shape index (κ2) is 11.8. The van der Waals surface area contributed by atoms with Crippen molar-refractivity contribution < 1.29 is 19.4 Å². The van der Waals surface area contributed by atoms with Gasteiger partial charge in [0, 0.05) is 61.3 Å². The third kappa shape index (κ3) is 5.99. The second-order valence-electron chi connectivity index (χ2n) is 11.3. The van der Waals surface area contributed by atoms with Crippen LogP contribution in [0.1, 0.15) is 57.5 Å². The zero-order valence-electron chi connectivity index (χ0n) is 25.1. The highest BCUT2D eigenvalue weighted by Crippen LogP contribution is 2.38. The number of carbonyl (C=O) groups is 2.